The second kappa shape index (κ2) is 12.5. The summed E-state index contributed by atoms with van der Waals surface area (Å²) in [4.78, 5) is 0. The van der Waals surface area contributed by atoms with E-state index in [1.807, 2.05) is 0 Å². The van der Waals surface area contributed by atoms with Crippen LogP contribution in [-0.4, -0.2) is 0 Å². The minimum absolute atomic E-state index is 0.713. The van der Waals surface area contributed by atoms with Gasteiger partial charge in [-0.05, 0) is 130 Å². The summed E-state index contributed by atoms with van der Waals surface area (Å²) in [6, 6.07) is 4.37. The first kappa shape index (κ1) is 24.9. The summed E-state index contributed by atoms with van der Waals surface area (Å²) in [5.74, 6) is 3.95. The van der Waals surface area contributed by atoms with Crippen molar-refractivity contribution in [2.24, 2.45) is 35.5 Å². The highest BCUT2D eigenvalue weighted by atomic mass is 19.2. The van der Waals surface area contributed by atoms with E-state index in [4.69, 9.17) is 0 Å². The lowest BCUT2D eigenvalue weighted by Gasteiger charge is -2.37. The summed E-state index contributed by atoms with van der Waals surface area (Å²) >= 11 is 0. The zero-order valence-corrected chi connectivity index (χ0v) is 20.9. The Balaban J connectivity index is 1.11. The van der Waals surface area contributed by atoms with Crippen LogP contribution in [-0.2, 0) is 6.42 Å². The van der Waals surface area contributed by atoms with Gasteiger partial charge in [-0.25, -0.2) is 8.78 Å². The SMILES string of the molecule is CCC[C@H]1CC[C@H]([C@H]2CC[C@H](C=C[C@H]3CC[C@H](CCc4ccc(F)c(F)c4)CC3)CC2)CC1. The van der Waals surface area contributed by atoms with Crippen LogP contribution in [0.2, 0.25) is 0 Å². The Morgan fingerprint density at radius 2 is 1.18 bits per heavy atom. The third-order valence-electron chi connectivity index (χ3n) is 9.44. The second-order valence-electron chi connectivity index (χ2n) is 11.7. The van der Waals surface area contributed by atoms with E-state index in [2.05, 4.69) is 19.1 Å². The predicted molar refractivity (Wildman–Crippen MR) is 135 cm³/mol. The first-order valence-corrected chi connectivity index (χ1v) is 14.2. The molecule has 0 bridgehead atoms. The standard InChI is InChI=1S/C31H46F2/c1-2-3-23-12-17-28(18-13-23)29-19-14-26(15-20-29)9-8-24-4-6-25(7-5-24)10-11-27-16-21-30(32)31(33)22-27/h8-9,16,21-26,28-29H,2-7,10-15,17-20H2,1H3/t23-,24-,25-,26-,28-,29-. The molecule has 1 aromatic rings. The van der Waals surface area contributed by atoms with Gasteiger partial charge in [-0.2, -0.15) is 0 Å². The summed E-state index contributed by atoms with van der Waals surface area (Å²) in [7, 11) is 0. The number of halogens is 2. The molecular formula is C31H46F2. The van der Waals surface area contributed by atoms with E-state index >= 15 is 0 Å². The summed E-state index contributed by atoms with van der Waals surface area (Å²) in [6.45, 7) is 2.34. The predicted octanol–water partition coefficient (Wildman–Crippen LogP) is 9.67. The number of aryl methyl sites for hydroxylation is 1. The first-order valence-electron chi connectivity index (χ1n) is 14.2. The van der Waals surface area contributed by atoms with Gasteiger partial charge in [-0.3, -0.25) is 0 Å². The molecule has 0 amide bonds. The molecule has 4 rings (SSSR count). The first-order chi connectivity index (χ1) is 16.1. The lowest BCUT2D eigenvalue weighted by Crippen LogP contribution is -2.25. The Kier molecular flexibility index (Phi) is 9.44. The van der Waals surface area contributed by atoms with Gasteiger partial charge in [0.1, 0.15) is 0 Å². The van der Waals surface area contributed by atoms with Crippen LogP contribution in [0.4, 0.5) is 8.78 Å². The molecule has 0 saturated heterocycles. The minimum atomic E-state index is -0.742. The van der Waals surface area contributed by atoms with Crippen LogP contribution in [0.25, 0.3) is 0 Å². The van der Waals surface area contributed by atoms with E-state index in [0.717, 1.165) is 53.9 Å². The maximum Gasteiger partial charge on any atom is 0.159 e. The van der Waals surface area contributed by atoms with Crippen LogP contribution in [0.15, 0.2) is 30.4 Å². The Morgan fingerprint density at radius 1 is 0.667 bits per heavy atom. The van der Waals surface area contributed by atoms with E-state index in [1.165, 1.54) is 102 Å². The zero-order valence-electron chi connectivity index (χ0n) is 20.9. The Hall–Kier alpha value is -1.18. The van der Waals surface area contributed by atoms with E-state index in [1.54, 1.807) is 6.07 Å². The van der Waals surface area contributed by atoms with Gasteiger partial charge in [0.2, 0.25) is 0 Å². The number of rotatable bonds is 8. The lowest BCUT2D eigenvalue weighted by atomic mass is 9.68. The van der Waals surface area contributed by atoms with Crippen LogP contribution in [0.1, 0.15) is 109 Å². The fourth-order valence-electron chi connectivity index (χ4n) is 7.21. The average Bonchev–Trinajstić information content (AvgIpc) is 2.85. The molecule has 0 unspecified atom stereocenters. The highest BCUT2D eigenvalue weighted by molar-refractivity contribution is 5.18. The summed E-state index contributed by atoms with van der Waals surface area (Å²) < 4.78 is 26.5. The van der Waals surface area contributed by atoms with Crippen molar-refractivity contribution in [3.05, 3.63) is 47.5 Å². The highest BCUT2D eigenvalue weighted by Crippen LogP contribution is 2.42. The maximum absolute atomic E-state index is 13.4. The molecule has 0 atom stereocenters. The summed E-state index contributed by atoms with van der Waals surface area (Å²) in [5.41, 5.74) is 0.931. The van der Waals surface area contributed by atoms with Crippen molar-refractivity contribution in [2.45, 2.75) is 110 Å². The van der Waals surface area contributed by atoms with Crippen molar-refractivity contribution in [3.8, 4) is 0 Å². The van der Waals surface area contributed by atoms with Crippen molar-refractivity contribution in [1.82, 2.24) is 0 Å². The Labute approximate surface area is 201 Å². The lowest BCUT2D eigenvalue weighted by molar-refractivity contribution is 0.152. The van der Waals surface area contributed by atoms with Crippen LogP contribution in [0.3, 0.4) is 0 Å². The largest absolute Gasteiger partial charge is 0.204 e. The van der Waals surface area contributed by atoms with Crippen LogP contribution in [0.5, 0.6) is 0 Å². The molecule has 1 aromatic carbocycles. The van der Waals surface area contributed by atoms with Gasteiger partial charge in [0.05, 0.1) is 0 Å². The molecule has 3 aliphatic carbocycles. The monoisotopic (exact) mass is 456 g/mol. The van der Waals surface area contributed by atoms with Gasteiger partial charge < -0.3 is 0 Å². The fourth-order valence-corrected chi connectivity index (χ4v) is 7.21. The molecule has 2 heteroatoms. The number of hydrogen-bond donors (Lipinski definition) is 0. The van der Waals surface area contributed by atoms with E-state index in [-0.39, 0.29) is 0 Å². The molecule has 3 fully saturated rings. The molecule has 0 aromatic heterocycles. The van der Waals surface area contributed by atoms with Crippen molar-refractivity contribution < 1.29 is 8.78 Å². The Bertz CT molecular complexity index is 729. The van der Waals surface area contributed by atoms with Gasteiger partial charge in [0.25, 0.3) is 0 Å². The topological polar surface area (TPSA) is 0 Å². The minimum Gasteiger partial charge on any atom is -0.204 e. The molecule has 0 nitrogen and oxygen atoms in total. The number of allylic oxidation sites excluding steroid dienone is 2. The van der Waals surface area contributed by atoms with Gasteiger partial charge in [0.15, 0.2) is 11.6 Å². The van der Waals surface area contributed by atoms with E-state index in [0.29, 0.717) is 0 Å². The molecule has 0 aliphatic heterocycles. The maximum atomic E-state index is 13.4. The third-order valence-corrected chi connectivity index (χ3v) is 9.44. The number of hydrogen-bond acceptors (Lipinski definition) is 0. The Morgan fingerprint density at radius 3 is 1.76 bits per heavy atom. The summed E-state index contributed by atoms with van der Waals surface area (Å²) in [5, 5.41) is 0. The van der Waals surface area contributed by atoms with Crippen LogP contribution in [0, 0.1) is 47.1 Å². The third kappa shape index (κ3) is 7.40. The molecule has 0 radical (unpaired) electrons. The van der Waals surface area contributed by atoms with Gasteiger partial charge in [-0.15, -0.1) is 0 Å². The normalized spacial score (nSPS) is 33.4. The number of benzene rings is 1. The molecule has 0 N–H and O–H groups in total. The molecule has 33 heavy (non-hydrogen) atoms. The van der Waals surface area contributed by atoms with Gasteiger partial charge in [-0.1, -0.05) is 50.8 Å². The smallest absolute Gasteiger partial charge is 0.159 e. The van der Waals surface area contributed by atoms with Crippen LogP contribution < -0.4 is 0 Å². The molecule has 0 heterocycles. The van der Waals surface area contributed by atoms with Crippen molar-refractivity contribution in [3.63, 3.8) is 0 Å². The van der Waals surface area contributed by atoms with Gasteiger partial charge >= 0.3 is 0 Å². The average molecular weight is 457 g/mol. The molecule has 0 spiro atoms. The molecular weight excluding hydrogens is 410 g/mol. The highest BCUT2D eigenvalue weighted by Gasteiger charge is 2.30. The quantitative estimate of drug-likeness (QED) is 0.341. The molecule has 184 valence electrons. The summed E-state index contributed by atoms with van der Waals surface area (Å²) in [6.07, 6.45) is 26.9. The van der Waals surface area contributed by atoms with Crippen molar-refractivity contribution in [2.75, 3.05) is 0 Å². The zero-order chi connectivity index (χ0) is 23.0. The van der Waals surface area contributed by atoms with Crippen molar-refractivity contribution in [1.29, 1.82) is 0 Å². The molecule has 3 saturated carbocycles. The van der Waals surface area contributed by atoms with Crippen molar-refractivity contribution >= 4 is 0 Å². The second-order valence-corrected chi connectivity index (χ2v) is 11.7. The molecule has 3 aliphatic rings. The van der Waals surface area contributed by atoms with E-state index in [9.17, 15) is 8.78 Å². The van der Waals surface area contributed by atoms with Gasteiger partial charge in [0, 0.05) is 0 Å². The van der Waals surface area contributed by atoms with Crippen LogP contribution >= 0.6 is 0 Å². The van der Waals surface area contributed by atoms with E-state index < -0.39 is 11.6 Å². The fraction of sp³-hybridized carbons (Fsp3) is 0.742.